The molecule has 1 N–H and O–H groups in total. The van der Waals surface area contributed by atoms with E-state index in [0.29, 0.717) is 13.0 Å². The van der Waals surface area contributed by atoms with E-state index < -0.39 is 5.60 Å². The van der Waals surface area contributed by atoms with Crippen molar-refractivity contribution >= 4 is 5.97 Å². The Balaban J connectivity index is 1.84. The molecule has 0 radical (unpaired) electrons. The first-order valence-electron chi connectivity index (χ1n) is 9.67. The molecule has 0 aliphatic heterocycles. The summed E-state index contributed by atoms with van der Waals surface area (Å²) in [6, 6.07) is 9.83. The fourth-order valence-corrected chi connectivity index (χ4v) is 3.69. The third-order valence-corrected chi connectivity index (χ3v) is 5.22. The van der Waals surface area contributed by atoms with Crippen LogP contribution >= 0.6 is 0 Å². The molecule has 1 fully saturated rings. The number of carbonyl (C=O) groups is 1. The Morgan fingerprint density at radius 1 is 1.12 bits per heavy atom. The second kappa shape index (κ2) is 10.4. The lowest BCUT2D eigenvalue weighted by Gasteiger charge is -2.27. The van der Waals surface area contributed by atoms with E-state index in [-0.39, 0.29) is 11.9 Å². The first kappa shape index (κ1) is 19.7. The maximum Gasteiger partial charge on any atom is 0.309 e. The Bertz CT molecular complexity index is 525. The summed E-state index contributed by atoms with van der Waals surface area (Å²) >= 11 is 0. The van der Waals surface area contributed by atoms with Gasteiger partial charge in [-0.2, -0.15) is 0 Å². The van der Waals surface area contributed by atoms with Crippen molar-refractivity contribution in [2.24, 2.45) is 5.92 Å². The number of aliphatic hydroxyl groups is 1. The molecule has 138 valence electrons. The lowest BCUT2D eigenvalue weighted by Crippen LogP contribution is -2.27. The Morgan fingerprint density at radius 2 is 1.76 bits per heavy atom. The quantitative estimate of drug-likeness (QED) is 0.591. The van der Waals surface area contributed by atoms with Gasteiger partial charge in [0.15, 0.2) is 0 Å². The van der Waals surface area contributed by atoms with Crippen molar-refractivity contribution in [3.8, 4) is 0 Å². The van der Waals surface area contributed by atoms with Crippen LogP contribution in [0, 0.1) is 5.92 Å². The van der Waals surface area contributed by atoms with Crippen LogP contribution in [0.1, 0.15) is 69.8 Å². The number of esters is 1. The minimum Gasteiger partial charge on any atom is -0.461 e. The number of ether oxygens (including phenoxy) is 1. The first-order chi connectivity index (χ1) is 12.1. The average Bonchev–Trinajstić information content (AvgIpc) is 2.66. The smallest absolute Gasteiger partial charge is 0.309 e. The van der Waals surface area contributed by atoms with Crippen molar-refractivity contribution in [2.45, 2.75) is 76.4 Å². The lowest BCUT2D eigenvalue weighted by atomic mass is 9.87. The van der Waals surface area contributed by atoms with Gasteiger partial charge in [-0.1, -0.05) is 68.5 Å². The molecule has 0 amide bonds. The zero-order valence-corrected chi connectivity index (χ0v) is 15.3. The number of benzene rings is 1. The van der Waals surface area contributed by atoms with Gasteiger partial charge in [0.1, 0.15) is 6.61 Å². The van der Waals surface area contributed by atoms with Gasteiger partial charge in [0.2, 0.25) is 0 Å². The predicted octanol–water partition coefficient (Wildman–Crippen LogP) is 5.18. The van der Waals surface area contributed by atoms with Gasteiger partial charge >= 0.3 is 5.97 Å². The summed E-state index contributed by atoms with van der Waals surface area (Å²) in [5, 5.41) is 10.7. The summed E-state index contributed by atoms with van der Waals surface area (Å²) in [7, 11) is 0. The Morgan fingerprint density at radius 3 is 2.44 bits per heavy atom. The molecule has 3 nitrogen and oxygen atoms in total. The molecule has 1 aromatic rings. The van der Waals surface area contributed by atoms with E-state index in [4.69, 9.17) is 4.74 Å². The van der Waals surface area contributed by atoms with E-state index >= 15 is 0 Å². The third kappa shape index (κ3) is 7.03. The van der Waals surface area contributed by atoms with Crippen LogP contribution in [0.4, 0.5) is 0 Å². The van der Waals surface area contributed by atoms with Crippen LogP contribution in [0.25, 0.3) is 0 Å². The van der Waals surface area contributed by atoms with Gasteiger partial charge in [-0.25, -0.2) is 0 Å². The molecule has 2 unspecified atom stereocenters. The normalized spacial score (nSPS) is 25.6. The summed E-state index contributed by atoms with van der Waals surface area (Å²) in [6.07, 6.45) is 10.9. The van der Waals surface area contributed by atoms with Crippen molar-refractivity contribution in [2.75, 3.05) is 0 Å². The molecule has 2 rings (SSSR count). The van der Waals surface area contributed by atoms with E-state index in [1.54, 1.807) is 0 Å². The van der Waals surface area contributed by atoms with Crippen molar-refractivity contribution in [3.63, 3.8) is 0 Å². The highest BCUT2D eigenvalue weighted by molar-refractivity contribution is 5.72. The van der Waals surface area contributed by atoms with Crippen LogP contribution in [0.15, 0.2) is 43.0 Å². The van der Waals surface area contributed by atoms with E-state index in [0.717, 1.165) is 63.4 Å². The van der Waals surface area contributed by atoms with Gasteiger partial charge in [0.05, 0.1) is 11.5 Å². The minimum atomic E-state index is -0.602. The molecule has 0 aromatic heterocycles. The van der Waals surface area contributed by atoms with Crippen LogP contribution in [-0.2, 0) is 16.1 Å². The maximum absolute atomic E-state index is 12.5. The number of rotatable bonds is 5. The molecular weight excluding hydrogens is 312 g/mol. The molecule has 3 heteroatoms. The molecule has 1 aliphatic rings. The maximum atomic E-state index is 12.5. The van der Waals surface area contributed by atoms with Gasteiger partial charge in [0, 0.05) is 0 Å². The fraction of sp³-hybridized carbons (Fsp3) is 0.591. The summed E-state index contributed by atoms with van der Waals surface area (Å²) < 4.78 is 5.55. The topological polar surface area (TPSA) is 46.5 Å². The molecule has 0 spiro atoms. The lowest BCUT2D eigenvalue weighted by molar-refractivity contribution is -0.150. The van der Waals surface area contributed by atoms with E-state index in [2.05, 4.69) is 6.58 Å². The Kier molecular flexibility index (Phi) is 8.20. The Hall–Kier alpha value is -1.61. The molecule has 2 atom stereocenters. The van der Waals surface area contributed by atoms with Crippen molar-refractivity contribution in [3.05, 3.63) is 48.6 Å². The predicted molar refractivity (Wildman–Crippen MR) is 101 cm³/mol. The van der Waals surface area contributed by atoms with Crippen molar-refractivity contribution in [1.29, 1.82) is 0 Å². The first-order valence-corrected chi connectivity index (χ1v) is 9.67. The van der Waals surface area contributed by atoms with Crippen LogP contribution in [-0.4, -0.2) is 16.7 Å². The molecule has 25 heavy (non-hydrogen) atoms. The van der Waals surface area contributed by atoms with Gasteiger partial charge in [-0.15, -0.1) is 6.58 Å². The summed E-state index contributed by atoms with van der Waals surface area (Å²) in [5.74, 6) is -0.0706. The van der Waals surface area contributed by atoms with Gasteiger partial charge in [-0.05, 0) is 37.7 Å². The van der Waals surface area contributed by atoms with Crippen molar-refractivity contribution < 1.29 is 14.6 Å². The summed E-state index contributed by atoms with van der Waals surface area (Å²) in [5.41, 5.74) is 0.428. The second-order valence-corrected chi connectivity index (χ2v) is 7.35. The molecule has 1 saturated carbocycles. The number of hydrogen-bond acceptors (Lipinski definition) is 3. The van der Waals surface area contributed by atoms with Crippen molar-refractivity contribution in [1.82, 2.24) is 0 Å². The highest BCUT2D eigenvalue weighted by Crippen LogP contribution is 2.29. The fourth-order valence-electron chi connectivity index (χ4n) is 3.69. The molecule has 1 aromatic carbocycles. The zero-order chi connectivity index (χ0) is 18.0. The molecular formula is C22H32O3. The SMILES string of the molecule is C=CCC1(O)CCCCCC(C(=O)OCc2ccccc2)CCCC1. The highest BCUT2D eigenvalue weighted by Gasteiger charge is 2.26. The number of hydrogen-bond donors (Lipinski definition) is 1. The van der Waals surface area contributed by atoms with E-state index in [1.807, 2.05) is 36.4 Å². The molecule has 0 heterocycles. The molecule has 1 aliphatic carbocycles. The average molecular weight is 344 g/mol. The minimum absolute atomic E-state index is 0.00527. The monoisotopic (exact) mass is 344 g/mol. The van der Waals surface area contributed by atoms with Gasteiger partial charge < -0.3 is 9.84 Å². The molecule has 0 bridgehead atoms. The highest BCUT2D eigenvalue weighted by atomic mass is 16.5. The van der Waals surface area contributed by atoms with Crippen LogP contribution in [0.5, 0.6) is 0 Å². The van der Waals surface area contributed by atoms with E-state index in [1.165, 1.54) is 0 Å². The third-order valence-electron chi connectivity index (χ3n) is 5.22. The largest absolute Gasteiger partial charge is 0.461 e. The number of carbonyl (C=O) groups excluding carboxylic acids is 1. The molecule has 0 saturated heterocycles. The Labute approximate surface area is 152 Å². The summed E-state index contributed by atoms with van der Waals surface area (Å²) in [6.45, 7) is 4.13. The van der Waals surface area contributed by atoms with Crippen LogP contribution in [0.2, 0.25) is 0 Å². The van der Waals surface area contributed by atoms with E-state index in [9.17, 15) is 9.90 Å². The standard InChI is InChI=1S/C22H32O3/c1-2-15-22(24)16-9-4-7-13-20(14-8-10-17-22)21(23)25-18-19-11-5-3-6-12-19/h2-3,5-6,11-12,20,24H,1,4,7-10,13-18H2. The zero-order valence-electron chi connectivity index (χ0n) is 15.3. The van der Waals surface area contributed by atoms with Gasteiger partial charge in [0.25, 0.3) is 0 Å². The van der Waals surface area contributed by atoms with Gasteiger partial charge in [-0.3, -0.25) is 4.79 Å². The summed E-state index contributed by atoms with van der Waals surface area (Å²) in [4.78, 5) is 12.5. The van der Waals surface area contributed by atoms with Crippen LogP contribution in [0.3, 0.4) is 0 Å². The van der Waals surface area contributed by atoms with Crippen LogP contribution < -0.4 is 0 Å². The second-order valence-electron chi connectivity index (χ2n) is 7.35.